The number of benzene rings is 1. The van der Waals surface area contributed by atoms with Crippen LogP contribution in [-0.4, -0.2) is 20.0 Å². The summed E-state index contributed by atoms with van der Waals surface area (Å²) < 4.78 is 24.0. The van der Waals surface area contributed by atoms with E-state index in [1.54, 1.807) is 41.8 Å². The van der Waals surface area contributed by atoms with E-state index in [1.165, 1.54) is 6.07 Å². The summed E-state index contributed by atoms with van der Waals surface area (Å²) in [5.41, 5.74) is 0.424. The second kappa shape index (κ2) is 4.81. The van der Waals surface area contributed by atoms with Gasteiger partial charge in [0.05, 0.1) is 0 Å². The third kappa shape index (κ3) is 2.81. The van der Waals surface area contributed by atoms with Crippen molar-refractivity contribution in [3.8, 4) is 0 Å². The van der Waals surface area contributed by atoms with Gasteiger partial charge in [-0.2, -0.15) is 0 Å². The highest BCUT2D eigenvalue weighted by molar-refractivity contribution is 7.94. The molecule has 0 unspecified atom stereocenters. The van der Waals surface area contributed by atoms with Crippen LogP contribution in [0, 0.1) is 0 Å². The third-order valence-corrected chi connectivity index (χ3v) is 5.32. The lowest BCUT2D eigenvalue weighted by Crippen LogP contribution is -2.15. The molecular weight excluding hydrogens is 256 g/mol. The summed E-state index contributed by atoms with van der Waals surface area (Å²) in [5.74, 6) is -0.851. The maximum atomic E-state index is 11.9. The normalized spacial score (nSPS) is 11.3. The van der Waals surface area contributed by atoms with Gasteiger partial charge in [-0.05, 0) is 11.4 Å². The number of hydrogen-bond donors (Lipinski definition) is 0. The van der Waals surface area contributed by atoms with Crippen molar-refractivity contribution >= 4 is 27.0 Å². The van der Waals surface area contributed by atoms with Gasteiger partial charge in [0.2, 0.25) is 0 Å². The number of thiophene rings is 1. The molecule has 1 aromatic heterocycles. The van der Waals surface area contributed by atoms with Crippen LogP contribution in [0.2, 0.25) is 0 Å². The molecule has 0 aliphatic carbocycles. The van der Waals surface area contributed by atoms with Crippen LogP contribution in [0.3, 0.4) is 0 Å². The Labute approximate surface area is 104 Å². The highest BCUT2D eigenvalue weighted by Crippen LogP contribution is 2.18. The molecule has 17 heavy (non-hydrogen) atoms. The molecule has 0 aliphatic rings. The molecular formula is C12H10O3S2. The van der Waals surface area contributed by atoms with Gasteiger partial charge in [0.1, 0.15) is 9.96 Å². The number of sulfone groups is 1. The van der Waals surface area contributed by atoms with Gasteiger partial charge in [-0.25, -0.2) is 8.42 Å². The van der Waals surface area contributed by atoms with Gasteiger partial charge in [-0.15, -0.1) is 11.3 Å². The molecule has 0 aliphatic heterocycles. The first-order valence-corrected chi connectivity index (χ1v) is 7.47. The topological polar surface area (TPSA) is 51.2 Å². The van der Waals surface area contributed by atoms with Crippen LogP contribution >= 0.6 is 11.3 Å². The Kier molecular flexibility index (Phi) is 3.40. The zero-order chi connectivity index (χ0) is 12.3. The number of rotatable bonds is 4. The zero-order valence-electron chi connectivity index (χ0n) is 8.87. The van der Waals surface area contributed by atoms with Crippen molar-refractivity contribution < 1.29 is 13.2 Å². The van der Waals surface area contributed by atoms with E-state index in [2.05, 4.69) is 0 Å². The van der Waals surface area contributed by atoms with Crippen molar-refractivity contribution in [3.63, 3.8) is 0 Å². The SMILES string of the molecule is O=C(CS(=O)(=O)c1cccs1)c1ccccc1. The first kappa shape index (κ1) is 12.0. The molecule has 0 amide bonds. The van der Waals surface area contributed by atoms with Crippen molar-refractivity contribution in [3.05, 3.63) is 53.4 Å². The average Bonchev–Trinajstić information content (AvgIpc) is 2.84. The molecule has 0 spiro atoms. The van der Waals surface area contributed by atoms with Crippen molar-refractivity contribution in [2.24, 2.45) is 0 Å². The molecule has 2 aromatic rings. The Bertz CT molecular complexity index is 598. The maximum absolute atomic E-state index is 11.9. The van der Waals surface area contributed by atoms with E-state index in [9.17, 15) is 13.2 Å². The molecule has 0 radical (unpaired) electrons. The second-order valence-electron chi connectivity index (χ2n) is 3.48. The fourth-order valence-corrected chi connectivity index (χ4v) is 3.71. The Morgan fingerprint density at radius 2 is 1.76 bits per heavy atom. The van der Waals surface area contributed by atoms with Crippen LogP contribution < -0.4 is 0 Å². The summed E-state index contributed by atoms with van der Waals surface area (Å²) >= 11 is 1.13. The number of carbonyl (C=O) groups excluding carboxylic acids is 1. The molecule has 0 N–H and O–H groups in total. The van der Waals surface area contributed by atoms with E-state index in [4.69, 9.17) is 0 Å². The zero-order valence-corrected chi connectivity index (χ0v) is 10.5. The lowest BCUT2D eigenvalue weighted by Gasteiger charge is -2.01. The molecule has 0 atom stereocenters. The Hall–Kier alpha value is -1.46. The van der Waals surface area contributed by atoms with Crippen molar-refractivity contribution in [1.82, 2.24) is 0 Å². The number of hydrogen-bond acceptors (Lipinski definition) is 4. The number of ketones is 1. The predicted octanol–water partition coefficient (Wildman–Crippen LogP) is 2.40. The van der Waals surface area contributed by atoms with E-state index in [1.807, 2.05) is 0 Å². The third-order valence-electron chi connectivity index (χ3n) is 2.22. The first-order chi connectivity index (χ1) is 8.09. The number of carbonyl (C=O) groups is 1. The molecule has 0 fully saturated rings. The lowest BCUT2D eigenvalue weighted by molar-refractivity contribution is 0.102. The quantitative estimate of drug-likeness (QED) is 0.798. The molecule has 2 rings (SSSR count). The van der Waals surface area contributed by atoms with Crippen LogP contribution in [0.25, 0.3) is 0 Å². The summed E-state index contributed by atoms with van der Waals surface area (Å²) in [4.78, 5) is 11.8. The van der Waals surface area contributed by atoms with Gasteiger partial charge in [0.15, 0.2) is 15.6 Å². The van der Waals surface area contributed by atoms with E-state index < -0.39 is 15.6 Å². The highest BCUT2D eigenvalue weighted by Gasteiger charge is 2.20. The van der Waals surface area contributed by atoms with Crippen LogP contribution in [-0.2, 0) is 9.84 Å². The molecule has 1 heterocycles. The van der Waals surface area contributed by atoms with Gasteiger partial charge in [-0.1, -0.05) is 36.4 Å². The van der Waals surface area contributed by atoms with E-state index >= 15 is 0 Å². The van der Waals surface area contributed by atoms with Gasteiger partial charge in [0.25, 0.3) is 0 Å². The van der Waals surface area contributed by atoms with E-state index in [0.29, 0.717) is 5.56 Å². The monoisotopic (exact) mass is 266 g/mol. The molecule has 0 saturated heterocycles. The summed E-state index contributed by atoms with van der Waals surface area (Å²) in [5, 5.41) is 1.68. The van der Waals surface area contributed by atoms with Crippen LogP contribution in [0.5, 0.6) is 0 Å². The Morgan fingerprint density at radius 1 is 1.06 bits per heavy atom. The molecule has 3 nitrogen and oxygen atoms in total. The highest BCUT2D eigenvalue weighted by atomic mass is 32.2. The summed E-state index contributed by atoms with van der Waals surface area (Å²) in [7, 11) is -3.50. The molecule has 0 saturated carbocycles. The molecule has 1 aromatic carbocycles. The fraction of sp³-hybridized carbons (Fsp3) is 0.0833. The van der Waals surface area contributed by atoms with Gasteiger partial charge in [0, 0.05) is 5.56 Å². The first-order valence-electron chi connectivity index (χ1n) is 4.94. The minimum absolute atomic E-state index is 0.238. The van der Waals surface area contributed by atoms with Crippen molar-refractivity contribution in [2.75, 3.05) is 5.75 Å². The minimum atomic E-state index is -3.50. The van der Waals surface area contributed by atoms with Crippen molar-refractivity contribution in [2.45, 2.75) is 4.21 Å². The van der Waals surface area contributed by atoms with Crippen LogP contribution in [0.4, 0.5) is 0 Å². The summed E-state index contributed by atoms with van der Waals surface area (Å²) in [6, 6.07) is 11.6. The minimum Gasteiger partial charge on any atom is -0.293 e. The number of Topliss-reactive ketones (excluding diaryl/α,β-unsaturated/α-hetero) is 1. The lowest BCUT2D eigenvalue weighted by atomic mass is 10.2. The van der Waals surface area contributed by atoms with Gasteiger partial charge < -0.3 is 0 Å². The predicted molar refractivity (Wildman–Crippen MR) is 67.1 cm³/mol. The average molecular weight is 266 g/mol. The standard InChI is InChI=1S/C12H10O3S2/c13-11(10-5-2-1-3-6-10)9-17(14,15)12-7-4-8-16-12/h1-8H,9H2. The molecule has 88 valence electrons. The van der Waals surface area contributed by atoms with E-state index in [-0.39, 0.29) is 9.99 Å². The van der Waals surface area contributed by atoms with Gasteiger partial charge in [-0.3, -0.25) is 4.79 Å². The largest absolute Gasteiger partial charge is 0.293 e. The summed E-state index contributed by atoms with van der Waals surface area (Å²) in [6.07, 6.45) is 0. The summed E-state index contributed by atoms with van der Waals surface area (Å²) in [6.45, 7) is 0. The maximum Gasteiger partial charge on any atom is 0.195 e. The smallest absolute Gasteiger partial charge is 0.195 e. The van der Waals surface area contributed by atoms with Crippen LogP contribution in [0.15, 0.2) is 52.1 Å². The Morgan fingerprint density at radius 3 is 2.35 bits per heavy atom. The van der Waals surface area contributed by atoms with Gasteiger partial charge >= 0.3 is 0 Å². The second-order valence-corrected chi connectivity index (χ2v) is 6.64. The molecule has 0 bridgehead atoms. The fourth-order valence-electron chi connectivity index (χ4n) is 1.39. The van der Waals surface area contributed by atoms with Crippen LogP contribution in [0.1, 0.15) is 10.4 Å². The molecule has 5 heteroatoms. The van der Waals surface area contributed by atoms with E-state index in [0.717, 1.165) is 11.3 Å². The Balaban J connectivity index is 2.21. The van der Waals surface area contributed by atoms with Crippen molar-refractivity contribution in [1.29, 1.82) is 0 Å².